The zero-order valence-corrected chi connectivity index (χ0v) is 11.5. The molecule has 20 heavy (non-hydrogen) atoms. The van der Waals surface area contributed by atoms with Gasteiger partial charge in [0.15, 0.2) is 11.5 Å². The van der Waals surface area contributed by atoms with Crippen LogP contribution in [0, 0.1) is 13.8 Å². The molecular formula is C12H16N6O2. The highest BCUT2D eigenvalue weighted by molar-refractivity contribution is 5.93. The molecule has 0 spiro atoms. The summed E-state index contributed by atoms with van der Waals surface area (Å²) in [5.74, 6) is 1.26. The van der Waals surface area contributed by atoms with Gasteiger partial charge in [-0.25, -0.2) is 0 Å². The molecule has 1 aliphatic rings. The van der Waals surface area contributed by atoms with Crippen LogP contribution in [0.5, 0.6) is 0 Å². The number of aryl methyl sites for hydroxylation is 2. The van der Waals surface area contributed by atoms with Crippen LogP contribution in [-0.2, 0) is 0 Å². The predicted molar refractivity (Wildman–Crippen MR) is 68.0 cm³/mol. The third kappa shape index (κ3) is 2.28. The van der Waals surface area contributed by atoms with E-state index in [1.54, 1.807) is 18.7 Å². The molecule has 1 amide bonds. The first-order chi connectivity index (χ1) is 9.65. The second-order valence-electron chi connectivity index (χ2n) is 5.02. The Labute approximate surface area is 115 Å². The molecule has 8 heteroatoms. The first-order valence-corrected chi connectivity index (χ1v) is 6.62. The summed E-state index contributed by atoms with van der Waals surface area (Å²) in [6.07, 6.45) is 1.88. The minimum atomic E-state index is -0.0961. The molecule has 1 N–H and O–H groups in total. The van der Waals surface area contributed by atoms with Gasteiger partial charge in [0, 0.05) is 25.9 Å². The molecule has 0 bridgehead atoms. The lowest BCUT2D eigenvalue weighted by Crippen LogP contribution is -2.39. The number of aromatic amines is 1. The van der Waals surface area contributed by atoms with Gasteiger partial charge in [0.2, 0.25) is 5.89 Å². The number of piperidine rings is 1. The van der Waals surface area contributed by atoms with Crippen molar-refractivity contribution >= 4 is 5.91 Å². The smallest absolute Gasteiger partial charge is 0.276 e. The molecule has 1 unspecified atom stereocenters. The fourth-order valence-corrected chi connectivity index (χ4v) is 2.49. The Morgan fingerprint density at radius 3 is 2.90 bits per heavy atom. The number of hydrogen-bond donors (Lipinski definition) is 1. The number of aromatic nitrogens is 5. The van der Waals surface area contributed by atoms with Gasteiger partial charge >= 0.3 is 0 Å². The fraction of sp³-hybridized carbons (Fsp3) is 0.583. The van der Waals surface area contributed by atoms with E-state index in [9.17, 15) is 4.79 Å². The number of amides is 1. The maximum Gasteiger partial charge on any atom is 0.276 e. The van der Waals surface area contributed by atoms with Crippen LogP contribution in [0.15, 0.2) is 4.52 Å². The molecule has 1 atom stereocenters. The minimum Gasteiger partial charge on any atom is -0.340 e. The topological polar surface area (TPSA) is 101 Å². The van der Waals surface area contributed by atoms with Crippen molar-refractivity contribution in [1.82, 2.24) is 30.5 Å². The molecule has 0 radical (unpaired) electrons. The number of H-pyrrole nitrogens is 1. The van der Waals surface area contributed by atoms with Gasteiger partial charge in [-0.2, -0.15) is 20.4 Å². The van der Waals surface area contributed by atoms with Gasteiger partial charge in [0.25, 0.3) is 5.91 Å². The van der Waals surface area contributed by atoms with Crippen molar-refractivity contribution in [3.63, 3.8) is 0 Å². The Morgan fingerprint density at radius 2 is 2.25 bits per heavy atom. The summed E-state index contributed by atoms with van der Waals surface area (Å²) in [5.41, 5.74) is 1.00. The molecule has 8 nitrogen and oxygen atoms in total. The highest BCUT2D eigenvalue weighted by Gasteiger charge is 2.29. The zero-order valence-electron chi connectivity index (χ0n) is 11.5. The SMILES string of the molecule is Cc1nc(C2CCCN(C(=O)c3n[nH]nc3C)C2)no1. The number of carbonyl (C=O) groups excluding carboxylic acids is 1. The Morgan fingerprint density at radius 1 is 1.40 bits per heavy atom. The van der Waals surface area contributed by atoms with E-state index in [-0.39, 0.29) is 11.8 Å². The van der Waals surface area contributed by atoms with Crippen molar-refractivity contribution < 1.29 is 9.32 Å². The highest BCUT2D eigenvalue weighted by atomic mass is 16.5. The molecule has 2 aromatic rings. The van der Waals surface area contributed by atoms with Gasteiger partial charge in [-0.1, -0.05) is 5.16 Å². The van der Waals surface area contributed by atoms with E-state index >= 15 is 0 Å². The lowest BCUT2D eigenvalue weighted by molar-refractivity contribution is 0.0697. The average Bonchev–Trinajstić information content (AvgIpc) is 3.07. The summed E-state index contributed by atoms with van der Waals surface area (Å²) in [4.78, 5) is 18.4. The Balaban J connectivity index is 1.75. The van der Waals surface area contributed by atoms with Crippen LogP contribution in [0.2, 0.25) is 0 Å². The zero-order chi connectivity index (χ0) is 14.1. The number of nitrogens with zero attached hydrogens (tertiary/aromatic N) is 5. The van der Waals surface area contributed by atoms with Crippen LogP contribution in [-0.4, -0.2) is 49.4 Å². The second-order valence-corrected chi connectivity index (χ2v) is 5.02. The van der Waals surface area contributed by atoms with E-state index in [4.69, 9.17) is 4.52 Å². The maximum atomic E-state index is 12.4. The van der Waals surface area contributed by atoms with E-state index < -0.39 is 0 Å². The molecule has 106 valence electrons. The van der Waals surface area contributed by atoms with Crippen LogP contribution < -0.4 is 0 Å². The molecule has 0 saturated carbocycles. The number of carbonyl (C=O) groups is 1. The standard InChI is InChI=1S/C12H16N6O2/c1-7-10(15-17-14-7)12(19)18-5-3-4-9(6-18)11-13-8(2)20-16-11/h9H,3-6H2,1-2H3,(H,14,15,17). The predicted octanol–water partition coefficient (Wildman–Crippen LogP) is 0.824. The van der Waals surface area contributed by atoms with Gasteiger partial charge < -0.3 is 9.42 Å². The van der Waals surface area contributed by atoms with Gasteiger partial charge in [-0.15, -0.1) is 0 Å². The maximum absolute atomic E-state index is 12.4. The number of hydrogen-bond acceptors (Lipinski definition) is 6. The highest BCUT2D eigenvalue weighted by Crippen LogP contribution is 2.25. The molecule has 0 aliphatic carbocycles. The molecule has 3 heterocycles. The first-order valence-electron chi connectivity index (χ1n) is 6.62. The fourth-order valence-electron chi connectivity index (χ4n) is 2.49. The third-order valence-electron chi connectivity index (χ3n) is 3.54. The lowest BCUT2D eigenvalue weighted by Gasteiger charge is -2.30. The van der Waals surface area contributed by atoms with E-state index in [1.807, 2.05) is 0 Å². The second kappa shape index (κ2) is 5.03. The van der Waals surface area contributed by atoms with Crippen LogP contribution in [0.1, 0.15) is 46.7 Å². The Kier molecular flexibility index (Phi) is 3.21. The summed E-state index contributed by atoms with van der Waals surface area (Å²) >= 11 is 0. The molecule has 1 fully saturated rings. The van der Waals surface area contributed by atoms with Gasteiger partial charge in [0.05, 0.1) is 5.69 Å². The van der Waals surface area contributed by atoms with Crippen LogP contribution in [0.4, 0.5) is 0 Å². The Bertz CT molecular complexity index is 619. The third-order valence-corrected chi connectivity index (χ3v) is 3.54. The van der Waals surface area contributed by atoms with Crippen molar-refractivity contribution in [2.45, 2.75) is 32.6 Å². The molecule has 2 aromatic heterocycles. The van der Waals surface area contributed by atoms with Crippen molar-refractivity contribution in [2.75, 3.05) is 13.1 Å². The summed E-state index contributed by atoms with van der Waals surface area (Å²) < 4.78 is 5.01. The molecular weight excluding hydrogens is 260 g/mol. The van der Waals surface area contributed by atoms with Crippen LogP contribution in [0.25, 0.3) is 0 Å². The van der Waals surface area contributed by atoms with Crippen molar-refractivity contribution in [3.05, 3.63) is 23.1 Å². The first kappa shape index (κ1) is 12.8. The monoisotopic (exact) mass is 276 g/mol. The lowest BCUT2D eigenvalue weighted by atomic mass is 9.97. The van der Waals surface area contributed by atoms with Crippen molar-refractivity contribution in [2.24, 2.45) is 0 Å². The van der Waals surface area contributed by atoms with E-state index in [1.165, 1.54) is 0 Å². The van der Waals surface area contributed by atoms with Crippen LogP contribution in [0.3, 0.4) is 0 Å². The summed E-state index contributed by atoms with van der Waals surface area (Å²) in [6, 6.07) is 0. The number of rotatable bonds is 2. The number of likely N-dealkylation sites (tertiary alicyclic amines) is 1. The van der Waals surface area contributed by atoms with Crippen molar-refractivity contribution in [3.8, 4) is 0 Å². The number of nitrogens with one attached hydrogen (secondary N) is 1. The molecule has 0 aromatic carbocycles. The van der Waals surface area contributed by atoms with E-state index in [2.05, 4.69) is 25.6 Å². The average molecular weight is 276 g/mol. The molecule has 1 saturated heterocycles. The van der Waals surface area contributed by atoms with Crippen LogP contribution >= 0.6 is 0 Å². The summed E-state index contributed by atoms with van der Waals surface area (Å²) in [5, 5.41) is 14.2. The minimum absolute atomic E-state index is 0.0961. The summed E-state index contributed by atoms with van der Waals surface area (Å²) in [7, 11) is 0. The normalized spacial score (nSPS) is 19.3. The van der Waals surface area contributed by atoms with Crippen molar-refractivity contribution in [1.29, 1.82) is 0 Å². The van der Waals surface area contributed by atoms with Gasteiger partial charge in [-0.05, 0) is 19.8 Å². The largest absolute Gasteiger partial charge is 0.340 e. The van der Waals surface area contributed by atoms with E-state index in [0.717, 1.165) is 19.4 Å². The van der Waals surface area contributed by atoms with E-state index in [0.29, 0.717) is 29.6 Å². The summed E-state index contributed by atoms with van der Waals surface area (Å²) in [6.45, 7) is 4.84. The quantitative estimate of drug-likeness (QED) is 0.871. The molecule has 1 aliphatic heterocycles. The van der Waals surface area contributed by atoms with Gasteiger partial charge in [0.1, 0.15) is 0 Å². The molecule has 3 rings (SSSR count). The Hall–Kier alpha value is -2.25. The van der Waals surface area contributed by atoms with Gasteiger partial charge in [-0.3, -0.25) is 4.79 Å².